The van der Waals surface area contributed by atoms with Gasteiger partial charge in [0, 0.05) is 18.7 Å². The zero-order chi connectivity index (χ0) is 15.4. The topological polar surface area (TPSA) is 46.6 Å². The van der Waals surface area contributed by atoms with E-state index in [1.807, 2.05) is 11.8 Å². The van der Waals surface area contributed by atoms with Crippen LogP contribution >= 0.6 is 0 Å². The van der Waals surface area contributed by atoms with Crippen LogP contribution in [-0.4, -0.2) is 35.8 Å². The third kappa shape index (κ3) is 3.80. The number of ketones is 1. The highest BCUT2D eigenvalue weighted by Crippen LogP contribution is 2.19. The van der Waals surface area contributed by atoms with Gasteiger partial charge in [-0.1, -0.05) is 0 Å². The zero-order valence-electron chi connectivity index (χ0n) is 12.4. The molecule has 4 nitrogen and oxygen atoms in total. The second-order valence-corrected chi connectivity index (χ2v) is 5.42. The van der Waals surface area contributed by atoms with Crippen molar-refractivity contribution in [1.82, 2.24) is 4.90 Å². The van der Waals surface area contributed by atoms with E-state index in [2.05, 4.69) is 0 Å². The van der Waals surface area contributed by atoms with Crippen molar-refractivity contribution in [2.75, 3.05) is 13.2 Å². The second kappa shape index (κ2) is 6.70. The molecule has 0 spiro atoms. The molecule has 114 valence electrons. The van der Waals surface area contributed by atoms with Gasteiger partial charge in [0.2, 0.25) is 0 Å². The van der Waals surface area contributed by atoms with Gasteiger partial charge >= 0.3 is 0 Å². The van der Waals surface area contributed by atoms with Gasteiger partial charge in [0.1, 0.15) is 11.6 Å². The van der Waals surface area contributed by atoms with E-state index in [1.165, 1.54) is 19.1 Å². The van der Waals surface area contributed by atoms with Crippen molar-refractivity contribution in [2.45, 2.75) is 39.2 Å². The van der Waals surface area contributed by atoms with Crippen molar-refractivity contribution < 1.29 is 18.7 Å². The third-order valence-corrected chi connectivity index (χ3v) is 3.81. The Labute approximate surface area is 123 Å². The molecule has 1 unspecified atom stereocenters. The number of benzene rings is 1. The van der Waals surface area contributed by atoms with E-state index in [-0.39, 0.29) is 35.7 Å². The van der Waals surface area contributed by atoms with Gasteiger partial charge in [0.25, 0.3) is 5.91 Å². The van der Waals surface area contributed by atoms with E-state index in [4.69, 9.17) is 4.74 Å². The fraction of sp³-hybridized carbons (Fsp3) is 0.500. The first-order chi connectivity index (χ1) is 9.99. The van der Waals surface area contributed by atoms with Crippen LogP contribution in [0.5, 0.6) is 5.75 Å². The number of nitrogens with zero attached hydrogens (tertiary/aromatic N) is 1. The van der Waals surface area contributed by atoms with Crippen LogP contribution in [-0.2, 0) is 4.79 Å². The van der Waals surface area contributed by atoms with Gasteiger partial charge in [0.15, 0.2) is 12.4 Å². The lowest BCUT2D eigenvalue weighted by molar-refractivity contribution is -0.136. The Kier molecular flexibility index (Phi) is 4.94. The molecular weight excluding hydrogens is 273 g/mol. The van der Waals surface area contributed by atoms with E-state index in [0.29, 0.717) is 0 Å². The first-order valence-electron chi connectivity index (χ1n) is 7.22. The minimum absolute atomic E-state index is 0.0262. The van der Waals surface area contributed by atoms with E-state index in [0.717, 1.165) is 31.9 Å². The van der Waals surface area contributed by atoms with Crippen LogP contribution in [0.1, 0.15) is 43.5 Å². The number of likely N-dealkylation sites (tertiary alicyclic amines) is 1. The maximum atomic E-state index is 13.6. The molecule has 2 rings (SSSR count). The van der Waals surface area contributed by atoms with Crippen LogP contribution in [0.15, 0.2) is 18.2 Å². The van der Waals surface area contributed by atoms with Gasteiger partial charge in [0.05, 0.1) is 5.56 Å². The number of piperidine rings is 1. The van der Waals surface area contributed by atoms with Crippen LogP contribution in [0, 0.1) is 5.82 Å². The third-order valence-electron chi connectivity index (χ3n) is 3.81. The summed E-state index contributed by atoms with van der Waals surface area (Å²) in [5.41, 5.74) is 0.0262. The van der Waals surface area contributed by atoms with Gasteiger partial charge in [-0.2, -0.15) is 0 Å². The molecule has 1 aromatic rings. The van der Waals surface area contributed by atoms with Crippen molar-refractivity contribution in [3.05, 3.63) is 29.6 Å². The molecule has 0 N–H and O–H groups in total. The fourth-order valence-corrected chi connectivity index (χ4v) is 2.57. The van der Waals surface area contributed by atoms with E-state index in [1.54, 1.807) is 0 Å². The quantitative estimate of drug-likeness (QED) is 0.802. The Bertz CT molecular complexity index is 544. The number of hydrogen-bond donors (Lipinski definition) is 0. The standard InChI is InChI=1S/C16H20FNO3/c1-11-5-3-4-8-18(11)16(20)10-21-13-6-7-14(12(2)19)15(17)9-13/h6-7,9,11H,3-5,8,10H2,1-2H3. The predicted molar refractivity (Wildman–Crippen MR) is 76.9 cm³/mol. The molecule has 1 aliphatic heterocycles. The molecule has 5 heteroatoms. The van der Waals surface area contributed by atoms with Crippen LogP contribution in [0.3, 0.4) is 0 Å². The first-order valence-corrected chi connectivity index (χ1v) is 7.22. The summed E-state index contributed by atoms with van der Waals surface area (Å²) in [7, 11) is 0. The lowest BCUT2D eigenvalue weighted by Gasteiger charge is -2.33. The highest BCUT2D eigenvalue weighted by atomic mass is 19.1. The Hall–Kier alpha value is -1.91. The molecule has 1 saturated heterocycles. The van der Waals surface area contributed by atoms with Crippen molar-refractivity contribution >= 4 is 11.7 Å². The lowest BCUT2D eigenvalue weighted by Crippen LogP contribution is -2.44. The normalized spacial score (nSPS) is 18.4. The maximum absolute atomic E-state index is 13.6. The predicted octanol–water partition coefficient (Wildman–Crippen LogP) is 2.81. The summed E-state index contributed by atoms with van der Waals surface area (Å²) in [5, 5.41) is 0. The smallest absolute Gasteiger partial charge is 0.260 e. The minimum Gasteiger partial charge on any atom is -0.484 e. The van der Waals surface area contributed by atoms with Gasteiger partial charge in [-0.3, -0.25) is 9.59 Å². The molecule has 0 aliphatic carbocycles. The molecule has 1 atom stereocenters. The molecule has 0 saturated carbocycles. The van der Waals surface area contributed by atoms with E-state index < -0.39 is 5.82 Å². The number of Topliss-reactive ketones (excluding diaryl/α,β-unsaturated/α-hetero) is 1. The van der Waals surface area contributed by atoms with Crippen LogP contribution in [0.25, 0.3) is 0 Å². The van der Waals surface area contributed by atoms with Crippen molar-refractivity contribution in [2.24, 2.45) is 0 Å². The number of carbonyl (C=O) groups excluding carboxylic acids is 2. The van der Waals surface area contributed by atoms with Crippen LogP contribution < -0.4 is 4.74 Å². The first kappa shape index (κ1) is 15.5. The highest BCUT2D eigenvalue weighted by Gasteiger charge is 2.23. The van der Waals surface area contributed by atoms with Gasteiger partial charge in [-0.05, 0) is 45.2 Å². The molecule has 1 aliphatic rings. The Morgan fingerprint density at radius 1 is 1.38 bits per heavy atom. The van der Waals surface area contributed by atoms with Crippen LogP contribution in [0.2, 0.25) is 0 Å². The van der Waals surface area contributed by atoms with Gasteiger partial charge in [-0.15, -0.1) is 0 Å². The second-order valence-electron chi connectivity index (χ2n) is 5.42. The van der Waals surface area contributed by atoms with Crippen molar-refractivity contribution in [3.63, 3.8) is 0 Å². The molecule has 1 heterocycles. The molecule has 1 amide bonds. The Morgan fingerprint density at radius 2 is 2.14 bits per heavy atom. The molecule has 1 aromatic carbocycles. The van der Waals surface area contributed by atoms with Gasteiger partial charge in [-0.25, -0.2) is 4.39 Å². The number of ether oxygens (including phenoxy) is 1. The maximum Gasteiger partial charge on any atom is 0.260 e. The monoisotopic (exact) mass is 293 g/mol. The van der Waals surface area contributed by atoms with Crippen molar-refractivity contribution in [1.29, 1.82) is 0 Å². The largest absolute Gasteiger partial charge is 0.484 e. The summed E-state index contributed by atoms with van der Waals surface area (Å²) in [5.74, 6) is -0.787. The Balaban J connectivity index is 1.95. The average molecular weight is 293 g/mol. The molecule has 1 fully saturated rings. The average Bonchev–Trinajstić information content (AvgIpc) is 2.45. The molecule has 0 aromatic heterocycles. The summed E-state index contributed by atoms with van der Waals surface area (Å²) < 4.78 is 19.0. The zero-order valence-corrected chi connectivity index (χ0v) is 12.4. The number of hydrogen-bond acceptors (Lipinski definition) is 3. The number of amides is 1. The summed E-state index contributed by atoms with van der Waals surface area (Å²) >= 11 is 0. The molecule has 21 heavy (non-hydrogen) atoms. The number of carbonyl (C=O) groups is 2. The molecule has 0 radical (unpaired) electrons. The molecular formula is C16H20FNO3. The fourth-order valence-electron chi connectivity index (χ4n) is 2.57. The van der Waals surface area contributed by atoms with E-state index in [9.17, 15) is 14.0 Å². The minimum atomic E-state index is -0.626. The van der Waals surface area contributed by atoms with Gasteiger partial charge < -0.3 is 9.64 Å². The number of halogens is 1. The highest BCUT2D eigenvalue weighted by molar-refractivity contribution is 5.94. The number of rotatable bonds is 4. The summed E-state index contributed by atoms with van der Waals surface area (Å²) in [6.07, 6.45) is 3.16. The summed E-state index contributed by atoms with van der Waals surface area (Å²) in [6.45, 7) is 3.97. The SMILES string of the molecule is CC(=O)c1ccc(OCC(=O)N2CCCCC2C)cc1F. The van der Waals surface area contributed by atoms with Crippen LogP contribution in [0.4, 0.5) is 4.39 Å². The lowest BCUT2D eigenvalue weighted by atomic mass is 10.0. The summed E-state index contributed by atoms with van der Waals surface area (Å²) in [4.78, 5) is 25.0. The summed E-state index contributed by atoms with van der Waals surface area (Å²) in [6, 6.07) is 4.25. The Morgan fingerprint density at radius 3 is 2.76 bits per heavy atom. The van der Waals surface area contributed by atoms with Crippen molar-refractivity contribution in [3.8, 4) is 5.75 Å². The molecule has 0 bridgehead atoms. The van der Waals surface area contributed by atoms with E-state index >= 15 is 0 Å².